The number of allylic oxidation sites excluding steroid dienone is 1. The molecule has 2 aromatic heterocycles. The first-order valence-corrected chi connectivity index (χ1v) is 14.4. The van der Waals surface area contributed by atoms with Crippen molar-refractivity contribution in [3.05, 3.63) is 60.2 Å². The molecule has 0 spiro atoms. The first kappa shape index (κ1) is 28.7. The SMILES string of the molecule is C=C[C@H]1CC[C@H](Cn2c(C(O)(CO)c3ccccc3)nc3nc(C(=N)NC(=O)O)nc(N[C@H](C)C4CCC4)c32)CC1. The van der Waals surface area contributed by atoms with E-state index in [1.165, 1.54) is 6.42 Å². The second kappa shape index (κ2) is 12.0. The van der Waals surface area contributed by atoms with Crippen molar-refractivity contribution in [2.24, 2.45) is 17.8 Å². The Morgan fingerprint density at radius 2 is 1.88 bits per heavy atom. The van der Waals surface area contributed by atoms with E-state index in [4.69, 9.17) is 10.4 Å². The summed E-state index contributed by atoms with van der Waals surface area (Å²) in [5, 5.41) is 45.6. The lowest BCUT2D eigenvalue weighted by Crippen LogP contribution is -2.36. The van der Waals surface area contributed by atoms with Crippen LogP contribution in [-0.2, 0) is 12.1 Å². The highest BCUT2D eigenvalue weighted by atomic mass is 16.4. The minimum atomic E-state index is -1.83. The molecule has 0 radical (unpaired) electrons. The van der Waals surface area contributed by atoms with Gasteiger partial charge in [0, 0.05) is 12.6 Å². The number of hydrogen-bond donors (Lipinski definition) is 6. The molecule has 1 amide bonds. The monoisotopic (exact) mass is 561 g/mol. The number of nitrogens with one attached hydrogen (secondary N) is 3. The van der Waals surface area contributed by atoms with Gasteiger partial charge in [-0.1, -0.05) is 42.8 Å². The Kier molecular flexibility index (Phi) is 8.37. The molecule has 2 heterocycles. The Hall–Kier alpha value is -3.83. The second-order valence-electron chi connectivity index (χ2n) is 11.4. The number of imidazole rings is 1. The van der Waals surface area contributed by atoms with Gasteiger partial charge in [-0.05, 0) is 68.8 Å². The van der Waals surface area contributed by atoms with Crippen molar-refractivity contribution in [3.63, 3.8) is 0 Å². The molecule has 41 heavy (non-hydrogen) atoms. The third-order valence-corrected chi connectivity index (χ3v) is 8.80. The third kappa shape index (κ3) is 5.82. The van der Waals surface area contributed by atoms with Gasteiger partial charge >= 0.3 is 6.09 Å². The predicted octanol–water partition coefficient (Wildman–Crippen LogP) is 4.24. The number of hydrogen-bond acceptors (Lipinski definition) is 8. The predicted molar refractivity (Wildman–Crippen MR) is 156 cm³/mol. The van der Waals surface area contributed by atoms with Crippen molar-refractivity contribution in [2.45, 2.75) is 70.1 Å². The van der Waals surface area contributed by atoms with E-state index in [1.807, 2.05) is 22.0 Å². The Morgan fingerprint density at radius 1 is 1.17 bits per heavy atom. The van der Waals surface area contributed by atoms with Gasteiger partial charge in [-0.2, -0.15) is 0 Å². The zero-order valence-electron chi connectivity index (χ0n) is 23.4. The normalized spacial score (nSPS) is 21.4. The van der Waals surface area contributed by atoms with E-state index >= 15 is 0 Å². The Balaban J connectivity index is 1.68. The average molecular weight is 562 g/mol. The van der Waals surface area contributed by atoms with Crippen LogP contribution in [0.5, 0.6) is 0 Å². The minimum Gasteiger partial charge on any atom is -0.465 e. The fourth-order valence-corrected chi connectivity index (χ4v) is 6.05. The summed E-state index contributed by atoms with van der Waals surface area (Å²) < 4.78 is 1.92. The van der Waals surface area contributed by atoms with E-state index in [2.05, 4.69) is 28.8 Å². The van der Waals surface area contributed by atoms with Gasteiger partial charge in [-0.15, -0.1) is 6.58 Å². The average Bonchev–Trinajstić information content (AvgIpc) is 3.31. The van der Waals surface area contributed by atoms with Gasteiger partial charge < -0.3 is 25.2 Å². The number of aliphatic hydroxyl groups is 2. The molecule has 11 nitrogen and oxygen atoms in total. The number of aliphatic hydroxyl groups excluding tert-OH is 1. The molecular formula is C30H39N7O4. The molecule has 2 fully saturated rings. The summed E-state index contributed by atoms with van der Waals surface area (Å²) in [5.41, 5.74) is -0.566. The number of aromatic nitrogens is 4. The van der Waals surface area contributed by atoms with Crippen molar-refractivity contribution < 1.29 is 20.1 Å². The minimum absolute atomic E-state index is 0.0667. The van der Waals surface area contributed by atoms with Crippen LogP contribution in [-0.4, -0.2) is 59.4 Å². The zero-order chi connectivity index (χ0) is 29.1. The number of fused-ring (bicyclic) bond motifs is 1. The molecule has 1 aromatic carbocycles. The van der Waals surface area contributed by atoms with Crippen LogP contribution in [0.15, 0.2) is 43.0 Å². The number of nitrogens with zero attached hydrogens (tertiary/aromatic N) is 4. The van der Waals surface area contributed by atoms with Crippen molar-refractivity contribution in [1.29, 1.82) is 5.41 Å². The second-order valence-corrected chi connectivity index (χ2v) is 11.4. The number of rotatable bonds is 10. The number of amides is 1. The molecule has 2 aliphatic carbocycles. The van der Waals surface area contributed by atoms with Crippen LogP contribution in [0.25, 0.3) is 11.2 Å². The number of anilines is 1. The maximum atomic E-state index is 12.0. The Bertz CT molecular complexity index is 1410. The fraction of sp³-hybridized carbons (Fsp3) is 0.500. The van der Waals surface area contributed by atoms with Crippen molar-refractivity contribution in [1.82, 2.24) is 24.8 Å². The van der Waals surface area contributed by atoms with E-state index in [9.17, 15) is 20.1 Å². The van der Waals surface area contributed by atoms with E-state index in [-0.39, 0.29) is 23.3 Å². The summed E-state index contributed by atoms with van der Waals surface area (Å²) in [6.45, 7) is 5.97. The van der Waals surface area contributed by atoms with Crippen LogP contribution in [0.1, 0.15) is 69.1 Å². The lowest BCUT2D eigenvalue weighted by Gasteiger charge is -2.33. The Labute approximate surface area is 239 Å². The Morgan fingerprint density at radius 3 is 2.46 bits per heavy atom. The summed E-state index contributed by atoms with van der Waals surface area (Å²) >= 11 is 0. The molecule has 2 atom stereocenters. The van der Waals surface area contributed by atoms with Crippen LogP contribution in [0.4, 0.5) is 10.6 Å². The topological polar surface area (TPSA) is 169 Å². The summed E-state index contributed by atoms with van der Waals surface area (Å²) in [5.74, 6) is 1.30. The van der Waals surface area contributed by atoms with Crippen molar-refractivity contribution >= 4 is 28.9 Å². The molecule has 11 heteroatoms. The summed E-state index contributed by atoms with van der Waals surface area (Å²) in [7, 11) is 0. The number of carboxylic acid groups (broad SMARTS) is 1. The van der Waals surface area contributed by atoms with Gasteiger partial charge in [0.2, 0.25) is 0 Å². The standard InChI is InChI=1S/C30H39N7O4/c1-3-19-12-14-20(15-13-19)16-37-23-25(32-18(2)21-8-7-9-21)34-27(24(31)33-29(39)40)35-26(23)36-28(37)30(41,17-38)22-10-5-4-6-11-22/h3-6,10-11,18-21,38,41H,1,7-9,12-17H2,2H3,(H2,31,33)(H,39,40)(H,32,34,35)/t18-,19-,20-,30?/m1/s1. The van der Waals surface area contributed by atoms with E-state index in [0.29, 0.717) is 41.2 Å². The smallest absolute Gasteiger partial charge is 0.410 e. The first-order chi connectivity index (χ1) is 19.7. The van der Waals surface area contributed by atoms with Crippen LogP contribution < -0.4 is 10.6 Å². The molecule has 218 valence electrons. The maximum Gasteiger partial charge on any atom is 0.410 e. The summed E-state index contributed by atoms with van der Waals surface area (Å²) in [6.07, 6.45) is 8.01. The lowest BCUT2D eigenvalue weighted by atomic mass is 9.80. The van der Waals surface area contributed by atoms with Gasteiger partial charge in [-0.3, -0.25) is 10.7 Å². The van der Waals surface area contributed by atoms with Crippen LogP contribution >= 0.6 is 0 Å². The highest BCUT2D eigenvalue weighted by molar-refractivity contribution is 6.03. The van der Waals surface area contributed by atoms with Gasteiger partial charge in [0.05, 0.1) is 6.61 Å². The summed E-state index contributed by atoms with van der Waals surface area (Å²) in [4.78, 5) is 25.2. The molecule has 1 unspecified atom stereocenters. The van der Waals surface area contributed by atoms with Crippen molar-refractivity contribution in [2.75, 3.05) is 11.9 Å². The van der Waals surface area contributed by atoms with Crippen LogP contribution in [0.2, 0.25) is 0 Å². The van der Waals surface area contributed by atoms with E-state index < -0.39 is 24.1 Å². The molecular weight excluding hydrogens is 522 g/mol. The molecule has 5 rings (SSSR count). The van der Waals surface area contributed by atoms with Crippen molar-refractivity contribution in [3.8, 4) is 0 Å². The van der Waals surface area contributed by atoms with Gasteiger partial charge in [0.15, 0.2) is 34.6 Å². The quantitative estimate of drug-likeness (QED) is 0.121. The highest BCUT2D eigenvalue weighted by Gasteiger charge is 2.39. The molecule has 0 saturated heterocycles. The van der Waals surface area contributed by atoms with Gasteiger partial charge in [0.25, 0.3) is 0 Å². The number of benzene rings is 1. The molecule has 2 saturated carbocycles. The zero-order valence-corrected chi connectivity index (χ0v) is 23.4. The summed E-state index contributed by atoms with van der Waals surface area (Å²) in [6, 6.07) is 8.99. The first-order valence-electron chi connectivity index (χ1n) is 14.4. The molecule has 0 bridgehead atoms. The highest BCUT2D eigenvalue weighted by Crippen LogP contribution is 2.38. The molecule has 3 aromatic rings. The molecule has 6 N–H and O–H groups in total. The van der Waals surface area contributed by atoms with Crippen LogP contribution in [0.3, 0.4) is 0 Å². The number of carbonyl (C=O) groups is 1. The van der Waals surface area contributed by atoms with E-state index in [0.717, 1.165) is 38.5 Å². The molecule has 2 aliphatic rings. The van der Waals surface area contributed by atoms with Gasteiger partial charge in [-0.25, -0.2) is 19.7 Å². The maximum absolute atomic E-state index is 12.0. The third-order valence-electron chi connectivity index (χ3n) is 8.80. The van der Waals surface area contributed by atoms with Crippen LogP contribution in [0, 0.1) is 23.2 Å². The van der Waals surface area contributed by atoms with E-state index in [1.54, 1.807) is 24.3 Å². The lowest BCUT2D eigenvalue weighted by molar-refractivity contribution is 0.00666. The fourth-order valence-electron chi connectivity index (χ4n) is 6.05. The molecule has 0 aliphatic heterocycles. The largest absolute Gasteiger partial charge is 0.465 e. The van der Waals surface area contributed by atoms with Gasteiger partial charge in [0.1, 0.15) is 5.52 Å². The number of amidine groups is 1.